The summed E-state index contributed by atoms with van der Waals surface area (Å²) >= 11 is 11.7. The minimum Gasteiger partial charge on any atom is -0.316 e. The molecule has 0 fully saturated rings. The number of rotatable bonds is 5. The second-order valence-corrected chi connectivity index (χ2v) is 6.90. The van der Waals surface area contributed by atoms with E-state index in [0.717, 1.165) is 0 Å². The van der Waals surface area contributed by atoms with Gasteiger partial charge in [-0.2, -0.15) is 13.5 Å². The third-order valence-electron chi connectivity index (χ3n) is 2.76. The molecule has 0 atom stereocenters. The van der Waals surface area contributed by atoms with Crippen molar-refractivity contribution in [1.82, 2.24) is 15.5 Å². The van der Waals surface area contributed by atoms with Crippen molar-refractivity contribution >= 4 is 38.9 Å². The van der Waals surface area contributed by atoms with E-state index in [0.29, 0.717) is 27.8 Å². The Kier molecular flexibility index (Phi) is 4.77. The first-order valence-electron chi connectivity index (χ1n) is 6.01. The lowest BCUT2D eigenvalue weighted by atomic mass is 10.3. The number of nitrogens with zero attached hydrogens (tertiary/aromatic N) is 1. The summed E-state index contributed by atoms with van der Waals surface area (Å²) in [6.07, 6.45) is 0. The molecule has 114 valence electrons. The summed E-state index contributed by atoms with van der Waals surface area (Å²) in [5, 5.41) is 10.1. The van der Waals surface area contributed by atoms with Crippen LogP contribution < -0.4 is 10.0 Å². The maximum atomic E-state index is 12.4. The minimum absolute atomic E-state index is 0.0505. The van der Waals surface area contributed by atoms with Gasteiger partial charge in [0.1, 0.15) is 0 Å². The molecule has 0 aliphatic rings. The molecule has 9 heteroatoms. The lowest BCUT2D eigenvalue weighted by Gasteiger charge is -2.09. The normalized spacial score (nSPS) is 11.6. The van der Waals surface area contributed by atoms with Crippen molar-refractivity contribution in [3.8, 4) is 0 Å². The van der Waals surface area contributed by atoms with Crippen LogP contribution in [0.15, 0.2) is 23.2 Å². The van der Waals surface area contributed by atoms with Gasteiger partial charge in [0.25, 0.3) is 10.0 Å². The zero-order valence-corrected chi connectivity index (χ0v) is 13.7. The van der Waals surface area contributed by atoms with Gasteiger partial charge in [-0.05, 0) is 32.2 Å². The molecule has 21 heavy (non-hydrogen) atoms. The molecule has 1 aromatic carbocycles. The number of hydrogen-bond donors (Lipinski definition) is 3. The molecule has 0 aliphatic heterocycles. The Labute approximate surface area is 132 Å². The summed E-state index contributed by atoms with van der Waals surface area (Å²) in [6, 6.07) is 4.47. The van der Waals surface area contributed by atoms with Crippen LogP contribution in [0.5, 0.6) is 0 Å². The van der Waals surface area contributed by atoms with E-state index in [2.05, 4.69) is 20.2 Å². The van der Waals surface area contributed by atoms with E-state index in [1.54, 1.807) is 14.0 Å². The van der Waals surface area contributed by atoms with Gasteiger partial charge in [0.2, 0.25) is 5.03 Å². The van der Waals surface area contributed by atoms with Crippen LogP contribution in [-0.2, 0) is 16.6 Å². The molecule has 1 heterocycles. The molecule has 3 N–H and O–H groups in total. The van der Waals surface area contributed by atoms with Crippen LogP contribution in [0, 0.1) is 6.92 Å². The van der Waals surface area contributed by atoms with E-state index in [-0.39, 0.29) is 10.7 Å². The number of nitrogens with one attached hydrogen (secondary N) is 3. The highest BCUT2D eigenvalue weighted by molar-refractivity contribution is 7.92. The predicted octanol–water partition coefficient (Wildman–Crippen LogP) is 2.55. The molecule has 0 radical (unpaired) electrons. The van der Waals surface area contributed by atoms with Gasteiger partial charge >= 0.3 is 0 Å². The molecule has 0 saturated carbocycles. The van der Waals surface area contributed by atoms with Crippen molar-refractivity contribution < 1.29 is 8.42 Å². The topological polar surface area (TPSA) is 86.9 Å². The Morgan fingerprint density at radius 2 is 1.86 bits per heavy atom. The van der Waals surface area contributed by atoms with E-state index in [1.807, 2.05) is 0 Å². The average molecular weight is 349 g/mol. The maximum absolute atomic E-state index is 12.4. The second-order valence-electron chi connectivity index (χ2n) is 4.43. The molecule has 2 rings (SSSR count). The van der Waals surface area contributed by atoms with E-state index < -0.39 is 10.0 Å². The summed E-state index contributed by atoms with van der Waals surface area (Å²) in [5.41, 5.74) is 1.55. The average Bonchev–Trinajstić information content (AvgIpc) is 2.70. The van der Waals surface area contributed by atoms with Crippen LogP contribution in [0.2, 0.25) is 10.0 Å². The number of hydrogen-bond acceptors (Lipinski definition) is 4. The molecular weight excluding hydrogens is 335 g/mol. The minimum atomic E-state index is -3.83. The number of aryl methyl sites for hydroxylation is 1. The summed E-state index contributed by atoms with van der Waals surface area (Å²) in [6.45, 7) is 2.14. The summed E-state index contributed by atoms with van der Waals surface area (Å²) in [4.78, 5) is 0. The monoisotopic (exact) mass is 348 g/mol. The smallest absolute Gasteiger partial charge is 0.281 e. The van der Waals surface area contributed by atoms with Crippen molar-refractivity contribution in [3.05, 3.63) is 39.5 Å². The second kappa shape index (κ2) is 6.23. The van der Waals surface area contributed by atoms with Gasteiger partial charge in [-0.1, -0.05) is 23.2 Å². The van der Waals surface area contributed by atoms with Crippen molar-refractivity contribution in [2.45, 2.75) is 18.5 Å². The van der Waals surface area contributed by atoms with E-state index in [4.69, 9.17) is 23.2 Å². The van der Waals surface area contributed by atoms with Crippen LogP contribution >= 0.6 is 23.2 Å². The first kappa shape index (κ1) is 16.1. The van der Waals surface area contributed by atoms with Gasteiger partial charge in [0.05, 0.1) is 5.69 Å². The quantitative estimate of drug-likeness (QED) is 0.774. The van der Waals surface area contributed by atoms with Crippen LogP contribution in [0.4, 0.5) is 5.69 Å². The first-order valence-corrected chi connectivity index (χ1v) is 8.25. The molecule has 1 aromatic heterocycles. The Bertz CT molecular complexity index is 738. The third-order valence-corrected chi connectivity index (χ3v) is 4.55. The lowest BCUT2D eigenvalue weighted by molar-refractivity contribution is 0.595. The van der Waals surface area contributed by atoms with Crippen molar-refractivity contribution in [3.63, 3.8) is 0 Å². The van der Waals surface area contributed by atoms with Gasteiger partial charge < -0.3 is 5.32 Å². The zero-order valence-electron chi connectivity index (χ0n) is 11.4. The van der Waals surface area contributed by atoms with Gasteiger partial charge in [0.15, 0.2) is 0 Å². The van der Waals surface area contributed by atoms with Crippen molar-refractivity contribution in [1.29, 1.82) is 0 Å². The number of benzene rings is 1. The third kappa shape index (κ3) is 3.68. The highest BCUT2D eigenvalue weighted by Gasteiger charge is 2.23. The van der Waals surface area contributed by atoms with E-state index >= 15 is 0 Å². The molecule has 0 aliphatic carbocycles. The standard InChI is InChI=1S/C12H14Cl2N4O2S/c1-7-11(6-15-2)12(17-16-7)21(19,20)18-10-4-8(13)3-9(14)5-10/h3-5,15,18H,6H2,1-2H3,(H,16,17). The fourth-order valence-electron chi connectivity index (χ4n) is 1.85. The number of H-pyrrole nitrogens is 1. The van der Waals surface area contributed by atoms with Gasteiger partial charge in [-0.3, -0.25) is 9.82 Å². The summed E-state index contributed by atoms with van der Waals surface area (Å²) < 4.78 is 27.3. The number of anilines is 1. The van der Waals surface area contributed by atoms with Gasteiger partial charge in [-0.25, -0.2) is 0 Å². The molecule has 0 spiro atoms. The number of sulfonamides is 1. The largest absolute Gasteiger partial charge is 0.316 e. The van der Waals surface area contributed by atoms with E-state index in [9.17, 15) is 8.42 Å². The fourth-order valence-corrected chi connectivity index (χ4v) is 3.62. The molecule has 0 unspecified atom stereocenters. The molecule has 6 nitrogen and oxygen atoms in total. The molecule has 0 amide bonds. The highest BCUT2D eigenvalue weighted by Crippen LogP contribution is 2.25. The van der Waals surface area contributed by atoms with Gasteiger partial charge in [-0.15, -0.1) is 0 Å². The maximum Gasteiger partial charge on any atom is 0.281 e. The Hall–Kier alpha value is -1.28. The Balaban J connectivity index is 2.38. The Morgan fingerprint density at radius 1 is 1.24 bits per heavy atom. The Morgan fingerprint density at radius 3 is 2.43 bits per heavy atom. The van der Waals surface area contributed by atoms with Crippen LogP contribution in [0.25, 0.3) is 0 Å². The highest BCUT2D eigenvalue weighted by atomic mass is 35.5. The van der Waals surface area contributed by atoms with Crippen LogP contribution in [0.3, 0.4) is 0 Å². The van der Waals surface area contributed by atoms with Gasteiger partial charge in [0, 0.05) is 27.8 Å². The van der Waals surface area contributed by atoms with Crippen LogP contribution in [0.1, 0.15) is 11.3 Å². The lowest BCUT2D eigenvalue weighted by Crippen LogP contribution is -2.17. The number of halogens is 2. The molecule has 0 bridgehead atoms. The molecule has 2 aromatic rings. The first-order chi connectivity index (χ1) is 9.83. The van der Waals surface area contributed by atoms with Crippen LogP contribution in [-0.4, -0.2) is 25.7 Å². The zero-order chi connectivity index (χ0) is 15.6. The molecular formula is C12H14Cl2N4O2S. The van der Waals surface area contributed by atoms with E-state index in [1.165, 1.54) is 18.2 Å². The predicted molar refractivity (Wildman–Crippen MR) is 83.4 cm³/mol. The number of aromatic amines is 1. The van der Waals surface area contributed by atoms with Crippen molar-refractivity contribution in [2.24, 2.45) is 0 Å². The number of aromatic nitrogens is 2. The summed E-state index contributed by atoms with van der Waals surface area (Å²) in [7, 11) is -2.10. The van der Waals surface area contributed by atoms with Crippen molar-refractivity contribution in [2.75, 3.05) is 11.8 Å². The summed E-state index contributed by atoms with van der Waals surface area (Å²) in [5.74, 6) is 0. The molecule has 0 saturated heterocycles. The SMILES string of the molecule is CNCc1c(S(=O)(=O)Nc2cc(Cl)cc(Cl)c2)n[nH]c1C. The fraction of sp³-hybridized carbons (Fsp3) is 0.250.